The van der Waals surface area contributed by atoms with Gasteiger partial charge in [-0.1, -0.05) is 0 Å². The van der Waals surface area contributed by atoms with Crippen LogP contribution in [0.1, 0.15) is 44.9 Å². The lowest BCUT2D eigenvalue weighted by molar-refractivity contribution is -0.0780. The molecule has 0 aromatic carbocycles. The number of halogens is 1. The van der Waals surface area contributed by atoms with Crippen LogP contribution in [0.3, 0.4) is 0 Å². The molecule has 0 aromatic heterocycles. The van der Waals surface area contributed by atoms with E-state index in [0.717, 1.165) is 24.2 Å². The van der Waals surface area contributed by atoms with Crippen LogP contribution in [0.2, 0.25) is 0 Å². The largest absolute Gasteiger partial charge is 0.390 e. The van der Waals surface area contributed by atoms with E-state index >= 15 is 0 Å². The molecule has 4 aliphatic rings. The molecule has 4 fully saturated rings. The maximum Gasteiger partial charge on any atom is 0.115 e. The van der Waals surface area contributed by atoms with Crippen LogP contribution in [-0.4, -0.2) is 17.9 Å². The standard InChI is InChI=1S/C13H21FO/c14-8-12(15)7-13-4-9-1-10(5-13)3-11(2-9)6-13/h9-12,15H,1-8H2. The zero-order valence-corrected chi connectivity index (χ0v) is 9.29. The van der Waals surface area contributed by atoms with Gasteiger partial charge in [-0.2, -0.15) is 0 Å². The van der Waals surface area contributed by atoms with Crippen molar-refractivity contribution in [3.63, 3.8) is 0 Å². The van der Waals surface area contributed by atoms with Gasteiger partial charge < -0.3 is 5.11 Å². The lowest BCUT2D eigenvalue weighted by Crippen LogP contribution is -2.47. The Morgan fingerprint density at radius 2 is 1.53 bits per heavy atom. The van der Waals surface area contributed by atoms with Crippen molar-refractivity contribution < 1.29 is 9.50 Å². The highest BCUT2D eigenvalue weighted by atomic mass is 19.1. The fourth-order valence-corrected chi connectivity index (χ4v) is 5.09. The van der Waals surface area contributed by atoms with E-state index in [4.69, 9.17) is 0 Å². The Morgan fingerprint density at radius 3 is 1.93 bits per heavy atom. The van der Waals surface area contributed by atoms with Crippen LogP contribution in [0.15, 0.2) is 0 Å². The third-order valence-electron chi connectivity index (χ3n) is 5.01. The molecule has 0 aliphatic heterocycles. The summed E-state index contributed by atoms with van der Waals surface area (Å²) in [6, 6.07) is 0. The van der Waals surface area contributed by atoms with Crippen LogP contribution in [-0.2, 0) is 0 Å². The van der Waals surface area contributed by atoms with Crippen molar-refractivity contribution in [2.24, 2.45) is 23.2 Å². The highest BCUT2D eigenvalue weighted by molar-refractivity contribution is 5.01. The Hall–Kier alpha value is -0.110. The molecule has 4 rings (SSSR count). The molecule has 4 saturated carbocycles. The molecule has 1 N–H and O–H groups in total. The van der Waals surface area contributed by atoms with Gasteiger partial charge in [0, 0.05) is 0 Å². The SMILES string of the molecule is OC(CF)CC12CC3CC(CC(C3)C1)C2. The number of hydrogen-bond donors (Lipinski definition) is 1. The van der Waals surface area contributed by atoms with Gasteiger partial charge in [0.2, 0.25) is 0 Å². The third-order valence-corrected chi connectivity index (χ3v) is 5.01. The van der Waals surface area contributed by atoms with Crippen LogP contribution >= 0.6 is 0 Å². The van der Waals surface area contributed by atoms with E-state index in [1.807, 2.05) is 0 Å². The Balaban J connectivity index is 1.75. The van der Waals surface area contributed by atoms with E-state index in [1.165, 1.54) is 38.5 Å². The number of alkyl halides is 1. The lowest BCUT2D eigenvalue weighted by Gasteiger charge is -2.57. The summed E-state index contributed by atoms with van der Waals surface area (Å²) in [4.78, 5) is 0. The number of aliphatic hydroxyl groups excluding tert-OH is 1. The van der Waals surface area contributed by atoms with Crippen LogP contribution in [0.4, 0.5) is 4.39 Å². The Bertz CT molecular complexity index is 216. The van der Waals surface area contributed by atoms with Gasteiger partial charge >= 0.3 is 0 Å². The summed E-state index contributed by atoms with van der Waals surface area (Å²) in [5.74, 6) is 2.72. The van der Waals surface area contributed by atoms with Crippen molar-refractivity contribution in [1.82, 2.24) is 0 Å². The predicted molar refractivity (Wildman–Crippen MR) is 57.2 cm³/mol. The summed E-state index contributed by atoms with van der Waals surface area (Å²) in [5.41, 5.74) is 0.334. The molecular weight excluding hydrogens is 191 g/mol. The van der Waals surface area contributed by atoms with Crippen molar-refractivity contribution in [3.05, 3.63) is 0 Å². The zero-order valence-electron chi connectivity index (χ0n) is 9.29. The van der Waals surface area contributed by atoms with Gasteiger partial charge in [-0.25, -0.2) is 4.39 Å². The first-order valence-corrected chi connectivity index (χ1v) is 6.43. The maximum absolute atomic E-state index is 12.4. The van der Waals surface area contributed by atoms with E-state index in [2.05, 4.69) is 0 Å². The van der Waals surface area contributed by atoms with Gasteiger partial charge in [0.15, 0.2) is 0 Å². The fraction of sp³-hybridized carbons (Fsp3) is 1.00. The molecule has 4 bridgehead atoms. The molecule has 86 valence electrons. The summed E-state index contributed by atoms with van der Waals surface area (Å²) in [5, 5.41) is 9.54. The fourth-order valence-electron chi connectivity index (χ4n) is 5.09. The van der Waals surface area contributed by atoms with Crippen LogP contribution in [0, 0.1) is 23.2 Å². The molecule has 0 radical (unpaired) electrons. The minimum Gasteiger partial charge on any atom is -0.390 e. The number of hydrogen-bond acceptors (Lipinski definition) is 1. The van der Waals surface area contributed by atoms with Crippen molar-refractivity contribution in [3.8, 4) is 0 Å². The molecule has 0 amide bonds. The Labute approximate surface area is 91.1 Å². The van der Waals surface area contributed by atoms with Gasteiger partial charge in [-0.15, -0.1) is 0 Å². The first-order valence-electron chi connectivity index (χ1n) is 6.43. The highest BCUT2D eigenvalue weighted by Gasteiger charge is 2.51. The van der Waals surface area contributed by atoms with Crippen LogP contribution < -0.4 is 0 Å². The second-order valence-electron chi connectivity index (χ2n) is 6.43. The molecule has 0 saturated heterocycles. The molecule has 2 heteroatoms. The molecule has 15 heavy (non-hydrogen) atoms. The summed E-state index contributed by atoms with van der Waals surface area (Å²) >= 11 is 0. The smallest absolute Gasteiger partial charge is 0.115 e. The summed E-state index contributed by atoms with van der Waals surface area (Å²) < 4.78 is 12.4. The monoisotopic (exact) mass is 212 g/mol. The minimum absolute atomic E-state index is 0.334. The average Bonchev–Trinajstić information content (AvgIpc) is 2.14. The summed E-state index contributed by atoms with van der Waals surface area (Å²) in [6.07, 6.45) is 8.12. The van der Waals surface area contributed by atoms with Crippen molar-refractivity contribution in [1.29, 1.82) is 0 Å². The third kappa shape index (κ3) is 1.71. The second kappa shape index (κ2) is 3.44. The van der Waals surface area contributed by atoms with E-state index in [0.29, 0.717) is 5.41 Å². The minimum atomic E-state index is -0.693. The van der Waals surface area contributed by atoms with Crippen LogP contribution in [0.5, 0.6) is 0 Å². The van der Waals surface area contributed by atoms with E-state index < -0.39 is 12.8 Å². The maximum atomic E-state index is 12.4. The normalized spacial score (nSPS) is 49.6. The molecule has 0 aromatic rings. The van der Waals surface area contributed by atoms with E-state index in [-0.39, 0.29) is 0 Å². The van der Waals surface area contributed by atoms with E-state index in [9.17, 15) is 9.50 Å². The summed E-state index contributed by atoms with van der Waals surface area (Å²) in [7, 11) is 0. The van der Waals surface area contributed by atoms with Gasteiger partial charge in [0.05, 0.1) is 6.10 Å². The van der Waals surface area contributed by atoms with Crippen molar-refractivity contribution >= 4 is 0 Å². The van der Waals surface area contributed by atoms with Crippen LogP contribution in [0.25, 0.3) is 0 Å². The number of aliphatic hydroxyl groups is 1. The second-order valence-corrected chi connectivity index (χ2v) is 6.43. The highest BCUT2D eigenvalue weighted by Crippen LogP contribution is 2.61. The zero-order chi connectivity index (χ0) is 10.5. The molecule has 1 unspecified atom stereocenters. The van der Waals surface area contributed by atoms with Gasteiger partial charge in [-0.05, 0) is 68.1 Å². The van der Waals surface area contributed by atoms with Gasteiger partial charge in [-0.3, -0.25) is 0 Å². The molecular formula is C13H21FO. The molecule has 4 aliphatic carbocycles. The lowest BCUT2D eigenvalue weighted by atomic mass is 9.48. The Morgan fingerprint density at radius 1 is 1.07 bits per heavy atom. The predicted octanol–water partition coefficient (Wildman–Crippen LogP) is 2.92. The van der Waals surface area contributed by atoms with Crippen molar-refractivity contribution in [2.45, 2.75) is 51.0 Å². The summed E-state index contributed by atoms with van der Waals surface area (Å²) in [6.45, 7) is -0.554. The molecule has 1 nitrogen and oxygen atoms in total. The van der Waals surface area contributed by atoms with E-state index in [1.54, 1.807) is 0 Å². The molecule has 0 spiro atoms. The van der Waals surface area contributed by atoms with Gasteiger partial charge in [0.25, 0.3) is 0 Å². The first kappa shape index (κ1) is 10.1. The average molecular weight is 212 g/mol. The Kier molecular flexibility index (Phi) is 2.31. The molecule has 0 heterocycles. The van der Waals surface area contributed by atoms with Crippen molar-refractivity contribution in [2.75, 3.05) is 6.67 Å². The quantitative estimate of drug-likeness (QED) is 0.762. The van der Waals surface area contributed by atoms with Gasteiger partial charge in [0.1, 0.15) is 6.67 Å². The molecule has 1 atom stereocenters. The first-order chi connectivity index (χ1) is 7.19. The number of rotatable bonds is 3. The topological polar surface area (TPSA) is 20.2 Å².